The molecular weight excluding hydrogens is 417 g/mol. The second-order valence-electron chi connectivity index (χ2n) is 6.12. The van der Waals surface area contributed by atoms with Crippen molar-refractivity contribution < 1.29 is 22.7 Å². The Bertz CT molecular complexity index is 1080. The SMILES string of the molecule is COC(=O)/C(C)=N/Nc1cccc(-c2csc(Nc3cccc(C(F)(F)F)c3)n2)c1. The van der Waals surface area contributed by atoms with E-state index in [1.807, 2.05) is 6.07 Å². The topological polar surface area (TPSA) is 75.6 Å². The van der Waals surface area contributed by atoms with Crippen LogP contribution in [0.25, 0.3) is 11.3 Å². The second kappa shape index (κ2) is 8.95. The Kier molecular flexibility index (Phi) is 6.36. The molecule has 0 saturated heterocycles. The highest BCUT2D eigenvalue weighted by atomic mass is 32.1. The number of benzene rings is 2. The number of anilines is 3. The number of esters is 1. The number of halogens is 3. The van der Waals surface area contributed by atoms with Gasteiger partial charge in [-0.2, -0.15) is 18.3 Å². The van der Waals surface area contributed by atoms with Crippen LogP contribution in [0.5, 0.6) is 0 Å². The monoisotopic (exact) mass is 434 g/mol. The molecule has 0 atom stereocenters. The molecule has 0 aliphatic heterocycles. The molecule has 3 aromatic rings. The lowest BCUT2D eigenvalue weighted by Gasteiger charge is -2.09. The largest absolute Gasteiger partial charge is 0.464 e. The van der Waals surface area contributed by atoms with Crippen molar-refractivity contribution >= 4 is 39.5 Å². The number of alkyl halides is 3. The summed E-state index contributed by atoms with van der Waals surface area (Å²) in [7, 11) is 1.27. The minimum absolute atomic E-state index is 0.170. The maximum Gasteiger partial charge on any atom is 0.416 e. The number of ether oxygens (including phenoxy) is 1. The molecule has 0 bridgehead atoms. The van der Waals surface area contributed by atoms with E-state index in [4.69, 9.17) is 0 Å². The van der Waals surface area contributed by atoms with Crippen LogP contribution in [0.1, 0.15) is 12.5 Å². The summed E-state index contributed by atoms with van der Waals surface area (Å²) in [6.45, 7) is 1.52. The molecule has 156 valence electrons. The summed E-state index contributed by atoms with van der Waals surface area (Å²) < 4.78 is 43.2. The maximum absolute atomic E-state index is 12.9. The smallest absolute Gasteiger partial charge is 0.416 e. The van der Waals surface area contributed by atoms with Crippen LogP contribution in [0.15, 0.2) is 59.0 Å². The van der Waals surface area contributed by atoms with Crippen molar-refractivity contribution in [2.24, 2.45) is 5.10 Å². The van der Waals surface area contributed by atoms with E-state index in [1.54, 1.807) is 29.6 Å². The van der Waals surface area contributed by atoms with Crippen molar-refractivity contribution in [2.45, 2.75) is 13.1 Å². The van der Waals surface area contributed by atoms with Gasteiger partial charge in [-0.15, -0.1) is 11.3 Å². The standard InChI is InChI=1S/C20H17F3N4O2S/c1-12(18(28)29-2)26-27-16-8-3-5-13(9-16)17-11-30-19(25-17)24-15-7-4-6-14(10-15)20(21,22)23/h3-11,27H,1-2H3,(H,24,25)/b26-12+. The normalized spacial score (nSPS) is 11.8. The molecule has 3 rings (SSSR count). The number of thiazole rings is 1. The van der Waals surface area contributed by atoms with E-state index in [-0.39, 0.29) is 5.71 Å². The van der Waals surface area contributed by atoms with Gasteiger partial charge < -0.3 is 10.1 Å². The molecule has 1 aromatic heterocycles. The van der Waals surface area contributed by atoms with E-state index in [1.165, 1.54) is 31.4 Å². The molecule has 0 unspecified atom stereocenters. The van der Waals surface area contributed by atoms with Crippen LogP contribution in [-0.2, 0) is 15.7 Å². The minimum atomic E-state index is -4.41. The van der Waals surface area contributed by atoms with Gasteiger partial charge in [-0.05, 0) is 37.3 Å². The molecule has 0 amide bonds. The van der Waals surface area contributed by atoms with Crippen molar-refractivity contribution in [3.8, 4) is 11.3 Å². The number of hydrazone groups is 1. The number of hydrogen-bond donors (Lipinski definition) is 2. The van der Waals surface area contributed by atoms with Crippen molar-refractivity contribution in [3.05, 3.63) is 59.5 Å². The highest BCUT2D eigenvalue weighted by Crippen LogP contribution is 2.33. The molecule has 1 heterocycles. The second-order valence-corrected chi connectivity index (χ2v) is 6.98. The average molecular weight is 434 g/mol. The van der Waals surface area contributed by atoms with Gasteiger partial charge >= 0.3 is 12.1 Å². The van der Waals surface area contributed by atoms with Crippen LogP contribution in [0.4, 0.5) is 29.7 Å². The highest BCUT2D eigenvalue weighted by molar-refractivity contribution is 7.14. The number of nitrogens with zero attached hydrogens (tertiary/aromatic N) is 2. The summed E-state index contributed by atoms with van der Waals surface area (Å²) in [6.07, 6.45) is -4.41. The Morgan fingerprint density at radius 2 is 1.87 bits per heavy atom. The van der Waals surface area contributed by atoms with Gasteiger partial charge in [0.15, 0.2) is 5.13 Å². The van der Waals surface area contributed by atoms with Crippen LogP contribution < -0.4 is 10.7 Å². The zero-order chi connectivity index (χ0) is 21.7. The molecule has 2 aromatic carbocycles. The molecule has 30 heavy (non-hydrogen) atoms. The van der Waals surface area contributed by atoms with Gasteiger partial charge in [0.1, 0.15) is 5.71 Å². The van der Waals surface area contributed by atoms with Gasteiger partial charge in [0.2, 0.25) is 0 Å². The quantitative estimate of drug-likeness (QED) is 0.303. The molecule has 0 spiro atoms. The van der Waals surface area contributed by atoms with Gasteiger partial charge in [-0.25, -0.2) is 9.78 Å². The first kappa shape index (κ1) is 21.3. The van der Waals surface area contributed by atoms with Gasteiger partial charge in [0.05, 0.1) is 24.1 Å². The number of nitrogens with one attached hydrogen (secondary N) is 2. The van der Waals surface area contributed by atoms with Crippen molar-refractivity contribution in [1.29, 1.82) is 0 Å². The first-order valence-corrected chi connectivity index (χ1v) is 9.53. The Morgan fingerprint density at radius 3 is 2.60 bits per heavy atom. The van der Waals surface area contributed by atoms with Crippen LogP contribution in [0.3, 0.4) is 0 Å². The van der Waals surface area contributed by atoms with Crippen molar-refractivity contribution in [1.82, 2.24) is 4.98 Å². The number of methoxy groups -OCH3 is 1. The highest BCUT2D eigenvalue weighted by Gasteiger charge is 2.30. The summed E-state index contributed by atoms with van der Waals surface area (Å²) in [5, 5.41) is 9.11. The lowest BCUT2D eigenvalue weighted by atomic mass is 10.1. The van der Waals surface area contributed by atoms with E-state index in [0.29, 0.717) is 22.2 Å². The van der Waals surface area contributed by atoms with Gasteiger partial charge in [0.25, 0.3) is 0 Å². The first-order valence-electron chi connectivity index (χ1n) is 8.65. The molecule has 0 fully saturated rings. The van der Waals surface area contributed by atoms with Crippen LogP contribution >= 0.6 is 11.3 Å². The van der Waals surface area contributed by atoms with E-state index < -0.39 is 17.7 Å². The number of carbonyl (C=O) groups is 1. The minimum Gasteiger partial charge on any atom is -0.464 e. The predicted molar refractivity (Wildman–Crippen MR) is 111 cm³/mol. The van der Waals surface area contributed by atoms with E-state index in [0.717, 1.165) is 17.7 Å². The Hall–Kier alpha value is -3.40. The van der Waals surface area contributed by atoms with Crippen LogP contribution in [-0.4, -0.2) is 23.8 Å². The third kappa shape index (κ3) is 5.35. The zero-order valence-corrected chi connectivity index (χ0v) is 16.8. The van der Waals surface area contributed by atoms with Crippen LogP contribution in [0.2, 0.25) is 0 Å². The Morgan fingerprint density at radius 1 is 1.13 bits per heavy atom. The summed E-state index contributed by atoms with van der Waals surface area (Å²) in [6, 6.07) is 12.1. The summed E-state index contributed by atoms with van der Waals surface area (Å²) in [5.41, 5.74) is 4.57. The molecular formula is C20H17F3N4O2S. The molecule has 0 radical (unpaired) electrons. The number of carbonyl (C=O) groups excluding carboxylic acids is 1. The maximum atomic E-state index is 12.9. The molecule has 0 aliphatic rings. The lowest BCUT2D eigenvalue weighted by Crippen LogP contribution is -2.13. The van der Waals surface area contributed by atoms with Crippen molar-refractivity contribution in [3.63, 3.8) is 0 Å². The number of rotatable bonds is 6. The third-order valence-corrected chi connectivity index (χ3v) is 4.69. The molecule has 0 aliphatic carbocycles. The van der Waals surface area contributed by atoms with E-state index >= 15 is 0 Å². The fourth-order valence-electron chi connectivity index (χ4n) is 2.45. The zero-order valence-electron chi connectivity index (χ0n) is 15.9. The van der Waals surface area contributed by atoms with E-state index in [9.17, 15) is 18.0 Å². The summed E-state index contributed by atoms with van der Waals surface area (Å²) >= 11 is 1.27. The summed E-state index contributed by atoms with van der Waals surface area (Å²) in [5.74, 6) is -0.538. The Balaban J connectivity index is 1.74. The number of hydrogen-bond acceptors (Lipinski definition) is 7. The predicted octanol–water partition coefficient (Wildman–Crippen LogP) is 5.53. The molecule has 6 nitrogen and oxygen atoms in total. The van der Waals surface area contributed by atoms with Crippen molar-refractivity contribution in [2.75, 3.05) is 17.9 Å². The fraction of sp³-hybridized carbons (Fsp3) is 0.150. The van der Waals surface area contributed by atoms with Crippen LogP contribution in [0, 0.1) is 0 Å². The molecule has 10 heteroatoms. The van der Waals surface area contributed by atoms with Gasteiger partial charge in [-0.3, -0.25) is 5.43 Å². The summed E-state index contributed by atoms with van der Waals surface area (Å²) in [4.78, 5) is 15.8. The van der Waals surface area contributed by atoms with E-state index in [2.05, 4.69) is 25.6 Å². The molecule has 0 saturated carbocycles. The number of aromatic nitrogens is 1. The third-order valence-electron chi connectivity index (χ3n) is 3.94. The average Bonchev–Trinajstić information content (AvgIpc) is 3.19. The lowest BCUT2D eigenvalue weighted by molar-refractivity contribution is -0.137. The molecule has 2 N–H and O–H groups in total. The first-order chi connectivity index (χ1) is 14.3. The Labute approximate surface area is 174 Å². The van der Waals surface area contributed by atoms with Gasteiger partial charge in [-0.1, -0.05) is 18.2 Å². The van der Waals surface area contributed by atoms with Gasteiger partial charge in [0, 0.05) is 16.6 Å². The fourth-order valence-corrected chi connectivity index (χ4v) is 3.19.